The lowest BCUT2D eigenvalue weighted by atomic mass is 9.87. The summed E-state index contributed by atoms with van der Waals surface area (Å²) in [5.41, 5.74) is 2.22. The van der Waals surface area contributed by atoms with E-state index in [-0.39, 0.29) is 11.2 Å². The molecule has 0 unspecified atom stereocenters. The molecule has 0 saturated carbocycles. The molecule has 1 aliphatic rings. The van der Waals surface area contributed by atoms with Crippen molar-refractivity contribution in [2.45, 2.75) is 46.5 Å². The van der Waals surface area contributed by atoms with E-state index in [9.17, 15) is 4.79 Å². The van der Waals surface area contributed by atoms with E-state index >= 15 is 0 Å². The molecule has 0 amide bonds. The molecule has 0 atom stereocenters. The molecule has 1 heteroatoms. The summed E-state index contributed by atoms with van der Waals surface area (Å²) >= 11 is 0. The zero-order chi connectivity index (χ0) is 12.2. The van der Waals surface area contributed by atoms with Crippen LogP contribution in [0.4, 0.5) is 0 Å². The van der Waals surface area contributed by atoms with Crippen LogP contribution in [0.3, 0.4) is 0 Å². The van der Waals surface area contributed by atoms with Gasteiger partial charge in [-0.05, 0) is 37.2 Å². The van der Waals surface area contributed by atoms with Crippen LogP contribution in [0.1, 0.15) is 46.5 Å². The van der Waals surface area contributed by atoms with Crippen LogP contribution in [0.5, 0.6) is 0 Å². The molecule has 0 aromatic rings. The third-order valence-corrected chi connectivity index (χ3v) is 3.05. The molecule has 0 bridgehead atoms. The Morgan fingerprint density at radius 1 is 1.31 bits per heavy atom. The highest BCUT2D eigenvalue weighted by atomic mass is 16.1. The van der Waals surface area contributed by atoms with Gasteiger partial charge in [0.1, 0.15) is 0 Å². The molecule has 0 heterocycles. The number of ketones is 1. The highest BCUT2D eigenvalue weighted by molar-refractivity contribution is 5.95. The van der Waals surface area contributed by atoms with Crippen molar-refractivity contribution in [1.29, 1.82) is 0 Å². The summed E-state index contributed by atoms with van der Waals surface area (Å²) in [5.74, 6) is 0.206. The third-order valence-electron chi connectivity index (χ3n) is 3.05. The van der Waals surface area contributed by atoms with Crippen LogP contribution in [0.2, 0.25) is 0 Å². The molecule has 1 rings (SSSR count). The molecule has 0 saturated heterocycles. The van der Waals surface area contributed by atoms with Gasteiger partial charge in [0, 0.05) is 6.42 Å². The van der Waals surface area contributed by atoms with Gasteiger partial charge >= 0.3 is 0 Å². The SMILES string of the molecule is C=C1C/C=C/C(C)(C)C/C=C(\C)CCC1=O. The number of hydrogen-bond donors (Lipinski definition) is 0. The molecule has 1 aliphatic carbocycles. The first-order valence-corrected chi connectivity index (χ1v) is 5.95. The van der Waals surface area contributed by atoms with Crippen LogP contribution in [-0.4, -0.2) is 5.78 Å². The van der Waals surface area contributed by atoms with Gasteiger partial charge in [0.25, 0.3) is 0 Å². The van der Waals surface area contributed by atoms with Gasteiger partial charge in [-0.25, -0.2) is 0 Å². The number of hydrogen-bond acceptors (Lipinski definition) is 1. The number of carbonyl (C=O) groups excluding carboxylic acids is 1. The molecule has 1 nitrogen and oxygen atoms in total. The standard InChI is InChI=1S/C15H22O/c1-12-7-8-14(16)13(2)6-5-10-15(3,4)11-9-12/h5,9-10H,2,6-8,11H2,1,3-4H3/b10-5+,12-9+. The molecule has 88 valence electrons. The lowest BCUT2D eigenvalue weighted by Gasteiger charge is -2.18. The van der Waals surface area contributed by atoms with Gasteiger partial charge in [0.2, 0.25) is 0 Å². The first-order chi connectivity index (χ1) is 7.41. The van der Waals surface area contributed by atoms with E-state index in [0.29, 0.717) is 12.8 Å². The Hall–Kier alpha value is -1.11. The van der Waals surface area contributed by atoms with Crippen molar-refractivity contribution in [2.24, 2.45) is 5.41 Å². The van der Waals surface area contributed by atoms with E-state index in [1.54, 1.807) is 0 Å². The average molecular weight is 218 g/mol. The van der Waals surface area contributed by atoms with Crippen molar-refractivity contribution in [2.75, 3.05) is 0 Å². The quantitative estimate of drug-likeness (QED) is 0.439. The second-order valence-corrected chi connectivity index (χ2v) is 5.38. The molecular formula is C15H22O. The van der Waals surface area contributed by atoms with Crippen molar-refractivity contribution in [3.8, 4) is 0 Å². The van der Waals surface area contributed by atoms with Gasteiger partial charge in [0.15, 0.2) is 5.78 Å². The lowest BCUT2D eigenvalue weighted by molar-refractivity contribution is -0.115. The Labute approximate surface area is 98.9 Å². The van der Waals surface area contributed by atoms with E-state index in [0.717, 1.165) is 18.4 Å². The molecule has 0 fully saturated rings. The molecule has 0 N–H and O–H groups in total. The summed E-state index contributed by atoms with van der Waals surface area (Å²) in [7, 11) is 0. The number of allylic oxidation sites excluding steroid dienone is 5. The summed E-state index contributed by atoms with van der Waals surface area (Å²) in [6, 6.07) is 0. The minimum atomic E-state index is 0.176. The predicted molar refractivity (Wildman–Crippen MR) is 69.3 cm³/mol. The van der Waals surface area contributed by atoms with Gasteiger partial charge in [-0.2, -0.15) is 0 Å². The highest BCUT2D eigenvalue weighted by Gasteiger charge is 2.14. The second kappa shape index (κ2) is 5.29. The van der Waals surface area contributed by atoms with Crippen LogP contribution in [0, 0.1) is 5.41 Å². The smallest absolute Gasteiger partial charge is 0.158 e. The summed E-state index contributed by atoms with van der Waals surface area (Å²) in [5, 5.41) is 0. The topological polar surface area (TPSA) is 17.1 Å². The van der Waals surface area contributed by atoms with Crippen molar-refractivity contribution in [3.05, 3.63) is 36.0 Å². The van der Waals surface area contributed by atoms with Gasteiger partial charge < -0.3 is 0 Å². The van der Waals surface area contributed by atoms with Crippen LogP contribution < -0.4 is 0 Å². The van der Waals surface area contributed by atoms with Crippen LogP contribution in [-0.2, 0) is 4.79 Å². The average Bonchev–Trinajstić information content (AvgIpc) is 2.23. The minimum Gasteiger partial charge on any atom is -0.295 e. The van der Waals surface area contributed by atoms with Gasteiger partial charge in [-0.15, -0.1) is 0 Å². The van der Waals surface area contributed by atoms with Gasteiger partial charge in [-0.1, -0.05) is 44.2 Å². The maximum absolute atomic E-state index is 11.7. The summed E-state index contributed by atoms with van der Waals surface area (Å²) < 4.78 is 0. The highest BCUT2D eigenvalue weighted by Crippen LogP contribution is 2.26. The van der Waals surface area contributed by atoms with Gasteiger partial charge in [-0.3, -0.25) is 4.79 Å². The molecule has 0 aromatic carbocycles. The Bertz CT molecular complexity index is 342. The van der Waals surface area contributed by atoms with Crippen molar-refractivity contribution >= 4 is 5.78 Å². The maximum Gasteiger partial charge on any atom is 0.158 e. The first kappa shape index (κ1) is 13.0. The molecule has 0 aromatic heterocycles. The Morgan fingerprint density at radius 2 is 2.00 bits per heavy atom. The van der Waals surface area contributed by atoms with E-state index in [1.807, 2.05) is 0 Å². The summed E-state index contributed by atoms with van der Waals surface area (Å²) in [6.45, 7) is 10.4. The largest absolute Gasteiger partial charge is 0.295 e. The molecule has 0 aliphatic heterocycles. The molecule has 0 radical (unpaired) electrons. The number of rotatable bonds is 0. The van der Waals surface area contributed by atoms with Crippen LogP contribution in [0.25, 0.3) is 0 Å². The van der Waals surface area contributed by atoms with Crippen LogP contribution in [0.15, 0.2) is 36.0 Å². The fraction of sp³-hybridized carbons (Fsp3) is 0.533. The zero-order valence-electron chi connectivity index (χ0n) is 10.7. The summed E-state index contributed by atoms with van der Waals surface area (Å²) in [4.78, 5) is 11.7. The fourth-order valence-electron chi connectivity index (χ4n) is 1.73. The Morgan fingerprint density at radius 3 is 2.69 bits per heavy atom. The lowest BCUT2D eigenvalue weighted by Crippen LogP contribution is -2.05. The zero-order valence-corrected chi connectivity index (χ0v) is 10.7. The molecular weight excluding hydrogens is 196 g/mol. The Balaban J connectivity index is 2.85. The monoisotopic (exact) mass is 218 g/mol. The second-order valence-electron chi connectivity index (χ2n) is 5.38. The Kier molecular flexibility index (Phi) is 4.28. The fourth-order valence-corrected chi connectivity index (χ4v) is 1.73. The molecule has 0 spiro atoms. The van der Waals surface area contributed by atoms with Crippen LogP contribution >= 0.6 is 0 Å². The van der Waals surface area contributed by atoms with E-state index < -0.39 is 0 Å². The number of Topliss-reactive ketones (excluding diaryl/α,β-unsaturated/α-hetero) is 1. The van der Waals surface area contributed by atoms with Crippen molar-refractivity contribution in [3.63, 3.8) is 0 Å². The minimum absolute atomic E-state index is 0.176. The predicted octanol–water partition coefficient (Wildman–Crippen LogP) is 4.21. The van der Waals surface area contributed by atoms with Gasteiger partial charge in [0.05, 0.1) is 0 Å². The van der Waals surface area contributed by atoms with E-state index in [4.69, 9.17) is 0 Å². The van der Waals surface area contributed by atoms with E-state index in [2.05, 4.69) is 45.6 Å². The van der Waals surface area contributed by atoms with Crippen molar-refractivity contribution < 1.29 is 4.79 Å². The first-order valence-electron chi connectivity index (χ1n) is 5.95. The number of carbonyl (C=O) groups is 1. The third kappa shape index (κ3) is 4.18. The normalized spacial score (nSPS) is 27.8. The summed E-state index contributed by atoms with van der Waals surface area (Å²) in [6.07, 6.45) is 9.74. The molecule has 16 heavy (non-hydrogen) atoms. The van der Waals surface area contributed by atoms with E-state index in [1.165, 1.54) is 5.57 Å². The van der Waals surface area contributed by atoms with Crippen molar-refractivity contribution in [1.82, 2.24) is 0 Å². The maximum atomic E-state index is 11.7.